The Kier molecular flexibility index (Phi) is 8.71. The van der Waals surface area contributed by atoms with E-state index in [9.17, 15) is 18.0 Å². The van der Waals surface area contributed by atoms with Gasteiger partial charge in [0.1, 0.15) is 0 Å². The molecule has 0 saturated carbocycles. The first-order chi connectivity index (χ1) is 17.6. The van der Waals surface area contributed by atoms with Crippen LogP contribution in [0.25, 0.3) is 0 Å². The van der Waals surface area contributed by atoms with Crippen molar-refractivity contribution in [2.45, 2.75) is 30.6 Å². The lowest BCUT2D eigenvalue weighted by Crippen LogP contribution is -2.44. The van der Waals surface area contributed by atoms with Crippen LogP contribution in [0.4, 0.5) is 11.5 Å². The number of hydrogen-bond donors (Lipinski definition) is 2. The minimum absolute atomic E-state index is 0.0311. The van der Waals surface area contributed by atoms with Crippen molar-refractivity contribution in [3.63, 3.8) is 0 Å². The van der Waals surface area contributed by atoms with E-state index in [1.54, 1.807) is 24.3 Å². The van der Waals surface area contributed by atoms with Crippen molar-refractivity contribution in [3.05, 3.63) is 47.1 Å². The summed E-state index contributed by atoms with van der Waals surface area (Å²) in [6.45, 7) is 3.85. The zero-order chi connectivity index (χ0) is 26.6. The lowest BCUT2D eigenvalue weighted by atomic mass is 9.95. The predicted molar refractivity (Wildman–Crippen MR) is 145 cm³/mol. The second-order valence-corrected chi connectivity index (χ2v) is 12.5. The fraction of sp³-hybridized carbons (Fsp3) is 0.500. The summed E-state index contributed by atoms with van der Waals surface area (Å²) in [5, 5.41) is 6.41. The second kappa shape index (κ2) is 11.8. The molecular formula is C26H34ClN5O4S. The second-order valence-electron chi connectivity index (χ2n) is 10.1. The first kappa shape index (κ1) is 27.3. The van der Waals surface area contributed by atoms with Gasteiger partial charge in [-0.05, 0) is 69.5 Å². The van der Waals surface area contributed by atoms with Crippen LogP contribution in [0, 0.1) is 11.8 Å². The molecule has 3 heterocycles. The number of aromatic nitrogens is 1. The molecule has 1 aromatic heterocycles. The Morgan fingerprint density at radius 3 is 2.57 bits per heavy atom. The molecule has 2 aliphatic heterocycles. The van der Waals surface area contributed by atoms with Crippen LogP contribution in [0.15, 0.2) is 41.4 Å². The lowest BCUT2D eigenvalue weighted by molar-refractivity contribution is -0.126. The lowest BCUT2D eigenvalue weighted by Gasteiger charge is -2.34. The standard InChI is InChI=1S/C26H34ClN5O4S/c1-31-10-4-6-20(17-31)25(33)29-15-18-8-11-32(12-9-18)24-23(14-22(16-28-24)37(2,35)36)30-26(34)19-5-3-7-21(27)13-19/h3,5,7,13-14,16,18,20H,4,6,8-12,15,17H2,1-2H3,(H,29,33)(H,30,34). The number of likely N-dealkylation sites (tertiary alicyclic amines) is 1. The fourth-order valence-corrected chi connectivity index (χ4v) is 5.69. The van der Waals surface area contributed by atoms with E-state index in [2.05, 4.69) is 27.6 Å². The Morgan fingerprint density at radius 2 is 1.89 bits per heavy atom. The van der Waals surface area contributed by atoms with Gasteiger partial charge in [-0.25, -0.2) is 13.4 Å². The highest BCUT2D eigenvalue weighted by Crippen LogP contribution is 2.30. The number of carbonyl (C=O) groups is 2. The summed E-state index contributed by atoms with van der Waals surface area (Å²) in [7, 11) is -1.46. The van der Waals surface area contributed by atoms with Gasteiger partial charge < -0.3 is 20.4 Å². The van der Waals surface area contributed by atoms with Crippen LogP contribution in [-0.2, 0) is 14.6 Å². The van der Waals surface area contributed by atoms with Gasteiger partial charge in [-0.15, -0.1) is 0 Å². The zero-order valence-corrected chi connectivity index (χ0v) is 22.8. The number of nitrogens with zero attached hydrogens (tertiary/aromatic N) is 3. The predicted octanol–water partition coefficient (Wildman–Crippen LogP) is 3.07. The Labute approximate surface area is 223 Å². The molecule has 0 aliphatic carbocycles. The van der Waals surface area contributed by atoms with E-state index < -0.39 is 15.7 Å². The first-order valence-electron chi connectivity index (χ1n) is 12.6. The highest BCUT2D eigenvalue weighted by atomic mass is 35.5. The van der Waals surface area contributed by atoms with E-state index in [1.165, 1.54) is 12.3 Å². The minimum atomic E-state index is -3.51. The number of nitrogens with one attached hydrogen (secondary N) is 2. The third-order valence-electron chi connectivity index (χ3n) is 7.08. The Balaban J connectivity index is 1.41. The number of piperidine rings is 2. The Hall–Kier alpha value is -2.69. The number of pyridine rings is 1. The molecule has 0 radical (unpaired) electrons. The molecule has 2 N–H and O–H groups in total. The van der Waals surface area contributed by atoms with Gasteiger partial charge in [0.25, 0.3) is 5.91 Å². The van der Waals surface area contributed by atoms with Crippen molar-refractivity contribution >= 4 is 44.8 Å². The van der Waals surface area contributed by atoms with Gasteiger partial charge in [0.05, 0.1) is 16.5 Å². The number of amides is 2. The molecule has 11 heteroatoms. The molecule has 1 unspecified atom stereocenters. The van der Waals surface area contributed by atoms with E-state index in [-0.39, 0.29) is 16.7 Å². The van der Waals surface area contributed by atoms with Crippen LogP contribution in [0.2, 0.25) is 5.02 Å². The molecule has 4 rings (SSSR count). The van der Waals surface area contributed by atoms with Crippen molar-refractivity contribution in [2.75, 3.05) is 56.2 Å². The topological polar surface area (TPSA) is 112 Å². The van der Waals surface area contributed by atoms with Gasteiger partial charge in [-0.3, -0.25) is 9.59 Å². The van der Waals surface area contributed by atoms with E-state index in [1.807, 2.05) is 4.90 Å². The van der Waals surface area contributed by atoms with Crippen molar-refractivity contribution in [3.8, 4) is 0 Å². The molecule has 9 nitrogen and oxygen atoms in total. The zero-order valence-electron chi connectivity index (χ0n) is 21.2. The van der Waals surface area contributed by atoms with Gasteiger partial charge in [0, 0.05) is 49.2 Å². The maximum atomic E-state index is 12.9. The van der Waals surface area contributed by atoms with Crippen LogP contribution < -0.4 is 15.5 Å². The number of sulfone groups is 1. The average molecular weight is 548 g/mol. The minimum Gasteiger partial charge on any atom is -0.356 e. The Morgan fingerprint density at radius 1 is 1.14 bits per heavy atom. The highest BCUT2D eigenvalue weighted by molar-refractivity contribution is 7.90. The van der Waals surface area contributed by atoms with Crippen molar-refractivity contribution in [1.29, 1.82) is 0 Å². The van der Waals surface area contributed by atoms with E-state index in [0.717, 1.165) is 45.0 Å². The van der Waals surface area contributed by atoms with Gasteiger partial charge >= 0.3 is 0 Å². The number of anilines is 2. The van der Waals surface area contributed by atoms with E-state index in [4.69, 9.17) is 11.6 Å². The van der Waals surface area contributed by atoms with Crippen LogP contribution in [0.3, 0.4) is 0 Å². The maximum absolute atomic E-state index is 12.9. The number of hydrogen-bond acceptors (Lipinski definition) is 7. The van der Waals surface area contributed by atoms with Gasteiger partial charge in [-0.1, -0.05) is 17.7 Å². The summed E-state index contributed by atoms with van der Waals surface area (Å²) < 4.78 is 24.3. The molecule has 2 amide bonds. The van der Waals surface area contributed by atoms with Crippen molar-refractivity contribution in [2.24, 2.45) is 11.8 Å². The van der Waals surface area contributed by atoms with E-state index >= 15 is 0 Å². The highest BCUT2D eigenvalue weighted by Gasteiger charge is 2.27. The van der Waals surface area contributed by atoms with Crippen LogP contribution in [-0.4, -0.2) is 76.1 Å². The van der Waals surface area contributed by atoms with Crippen molar-refractivity contribution in [1.82, 2.24) is 15.2 Å². The van der Waals surface area contributed by atoms with Crippen LogP contribution >= 0.6 is 11.6 Å². The van der Waals surface area contributed by atoms with Gasteiger partial charge in [0.15, 0.2) is 15.7 Å². The Bertz CT molecular complexity index is 1250. The van der Waals surface area contributed by atoms with E-state index in [0.29, 0.717) is 47.6 Å². The molecule has 2 aliphatic rings. The van der Waals surface area contributed by atoms with Crippen LogP contribution in [0.5, 0.6) is 0 Å². The summed E-state index contributed by atoms with van der Waals surface area (Å²) in [5.74, 6) is 0.666. The molecule has 2 fully saturated rings. The number of rotatable bonds is 7. The van der Waals surface area contributed by atoms with Gasteiger partial charge in [0.2, 0.25) is 5.91 Å². The average Bonchev–Trinajstić information content (AvgIpc) is 2.87. The summed E-state index contributed by atoms with van der Waals surface area (Å²) in [6.07, 6.45) is 6.12. The summed E-state index contributed by atoms with van der Waals surface area (Å²) in [4.78, 5) is 34.2. The van der Waals surface area contributed by atoms with Crippen LogP contribution in [0.1, 0.15) is 36.0 Å². The summed E-state index contributed by atoms with van der Waals surface area (Å²) in [6, 6.07) is 8.00. The molecule has 2 aromatic rings. The third kappa shape index (κ3) is 7.21. The normalized spacial score (nSPS) is 19.4. The third-order valence-corrected chi connectivity index (χ3v) is 8.39. The molecule has 0 spiro atoms. The molecule has 1 aromatic carbocycles. The maximum Gasteiger partial charge on any atom is 0.255 e. The quantitative estimate of drug-likeness (QED) is 0.548. The van der Waals surface area contributed by atoms with Crippen molar-refractivity contribution < 1.29 is 18.0 Å². The molecular weight excluding hydrogens is 514 g/mol. The molecule has 37 heavy (non-hydrogen) atoms. The molecule has 2 saturated heterocycles. The molecule has 1 atom stereocenters. The first-order valence-corrected chi connectivity index (χ1v) is 14.9. The smallest absolute Gasteiger partial charge is 0.255 e. The fourth-order valence-electron chi connectivity index (χ4n) is 4.93. The number of benzene rings is 1. The SMILES string of the molecule is CN1CCCC(C(=O)NCC2CCN(c3ncc(S(C)(=O)=O)cc3NC(=O)c3cccc(Cl)c3)CC2)C1. The number of halogens is 1. The summed E-state index contributed by atoms with van der Waals surface area (Å²) in [5.41, 5.74) is 0.697. The largest absolute Gasteiger partial charge is 0.356 e. The number of carbonyl (C=O) groups excluding carboxylic acids is 2. The monoisotopic (exact) mass is 547 g/mol. The summed E-state index contributed by atoms with van der Waals surface area (Å²) >= 11 is 6.03. The molecule has 200 valence electrons. The van der Waals surface area contributed by atoms with Gasteiger partial charge in [-0.2, -0.15) is 0 Å². The molecule has 0 bridgehead atoms.